The quantitative estimate of drug-likeness (QED) is 0.795. The highest BCUT2D eigenvalue weighted by molar-refractivity contribution is 7.90. The number of halogens is 2. The van der Waals surface area contributed by atoms with Crippen molar-refractivity contribution in [1.82, 2.24) is 9.88 Å². The van der Waals surface area contributed by atoms with Gasteiger partial charge in [-0.1, -0.05) is 6.07 Å². The molecule has 3 heterocycles. The van der Waals surface area contributed by atoms with Crippen molar-refractivity contribution >= 4 is 38.2 Å². The number of carbonyl (C=O) groups is 1. The molecule has 1 aromatic carbocycles. The number of carbonyl (C=O) groups excluding carboxylic acids is 1. The average Bonchev–Trinajstić information content (AvgIpc) is 3.10. The fourth-order valence-electron chi connectivity index (χ4n) is 2.80. The maximum Gasteiger partial charge on any atom is 0.258 e. The van der Waals surface area contributed by atoms with Crippen molar-refractivity contribution in [1.29, 1.82) is 0 Å². The highest BCUT2D eigenvalue weighted by atomic mass is 32.2. The summed E-state index contributed by atoms with van der Waals surface area (Å²) < 4.78 is 53.5. The first kappa shape index (κ1) is 19.4. The molecule has 150 valence electrons. The fraction of sp³-hybridized carbons (Fsp3) is 0.167. The zero-order valence-electron chi connectivity index (χ0n) is 14.8. The number of amidine groups is 1. The molecule has 2 aliphatic heterocycles. The van der Waals surface area contributed by atoms with Crippen molar-refractivity contribution in [3.05, 3.63) is 70.4 Å². The van der Waals surface area contributed by atoms with Gasteiger partial charge in [-0.15, -0.1) is 15.7 Å². The van der Waals surface area contributed by atoms with Gasteiger partial charge in [0.05, 0.1) is 11.3 Å². The number of amides is 1. The molecule has 0 spiro atoms. The standard InChI is InChI=1S/C18H14F2N4O3S2/c19-13-3-1-11(15(20)8-13)7-14-9-21-18(28-14)22-17(25)12-2-4-16-23-29(26,27)6-5-24(16)10-12/h1-4,8-10H,5-7H2,(H,21,22,25). The van der Waals surface area contributed by atoms with E-state index >= 15 is 0 Å². The lowest BCUT2D eigenvalue weighted by Gasteiger charge is -2.26. The SMILES string of the molecule is O=C(Nc1ncc(Cc2ccc(F)cc2F)s1)C1=CN2CCS(=O)(=O)N=C2C=C1. The van der Waals surface area contributed by atoms with Crippen LogP contribution in [0.15, 0.2) is 52.7 Å². The van der Waals surface area contributed by atoms with Crippen molar-refractivity contribution in [2.24, 2.45) is 4.40 Å². The molecular formula is C18H14F2N4O3S2. The summed E-state index contributed by atoms with van der Waals surface area (Å²) in [7, 11) is -3.46. The van der Waals surface area contributed by atoms with Crippen LogP contribution in [0.25, 0.3) is 0 Å². The Labute approximate surface area is 169 Å². The van der Waals surface area contributed by atoms with Gasteiger partial charge in [-0.2, -0.15) is 0 Å². The largest absolute Gasteiger partial charge is 0.330 e. The summed E-state index contributed by atoms with van der Waals surface area (Å²) in [5.74, 6) is -1.54. The number of benzene rings is 1. The van der Waals surface area contributed by atoms with Crippen LogP contribution in [-0.2, 0) is 21.2 Å². The second-order valence-electron chi connectivity index (χ2n) is 6.35. The first-order valence-electron chi connectivity index (χ1n) is 8.48. The minimum absolute atomic E-state index is 0.120. The molecular weight excluding hydrogens is 422 g/mol. The van der Waals surface area contributed by atoms with Crippen LogP contribution >= 0.6 is 11.3 Å². The first-order chi connectivity index (χ1) is 13.8. The second kappa shape index (κ2) is 7.48. The van der Waals surface area contributed by atoms with E-state index in [4.69, 9.17) is 0 Å². The molecule has 0 atom stereocenters. The van der Waals surface area contributed by atoms with E-state index in [9.17, 15) is 22.0 Å². The molecule has 0 unspecified atom stereocenters. The molecule has 0 saturated carbocycles. The number of rotatable bonds is 4. The smallest absolute Gasteiger partial charge is 0.258 e. The highest BCUT2D eigenvalue weighted by Gasteiger charge is 2.25. The van der Waals surface area contributed by atoms with Gasteiger partial charge in [0.2, 0.25) is 0 Å². The Bertz CT molecular complexity index is 1190. The van der Waals surface area contributed by atoms with E-state index < -0.39 is 27.6 Å². The Morgan fingerprint density at radius 1 is 1.28 bits per heavy atom. The molecule has 0 aliphatic carbocycles. The number of sulfonamides is 1. The van der Waals surface area contributed by atoms with E-state index in [1.165, 1.54) is 48.0 Å². The number of hydrogen-bond donors (Lipinski definition) is 1. The van der Waals surface area contributed by atoms with Gasteiger partial charge < -0.3 is 4.90 Å². The molecule has 1 N–H and O–H groups in total. The van der Waals surface area contributed by atoms with Crippen molar-refractivity contribution in [3.8, 4) is 0 Å². The van der Waals surface area contributed by atoms with Gasteiger partial charge in [-0.3, -0.25) is 10.1 Å². The van der Waals surface area contributed by atoms with Crippen molar-refractivity contribution in [3.63, 3.8) is 0 Å². The Kier molecular flexibility index (Phi) is 5.01. The fourth-order valence-corrected chi connectivity index (χ4v) is 4.60. The summed E-state index contributed by atoms with van der Waals surface area (Å²) in [4.78, 5) is 18.9. The van der Waals surface area contributed by atoms with Gasteiger partial charge in [-0.05, 0) is 23.8 Å². The molecule has 1 aromatic heterocycles. The lowest BCUT2D eigenvalue weighted by atomic mass is 10.1. The van der Waals surface area contributed by atoms with Gasteiger partial charge in [-0.25, -0.2) is 22.2 Å². The third-order valence-corrected chi connectivity index (χ3v) is 6.32. The molecule has 7 nitrogen and oxygen atoms in total. The van der Waals surface area contributed by atoms with Gasteiger partial charge in [0, 0.05) is 36.3 Å². The van der Waals surface area contributed by atoms with Crippen LogP contribution in [0, 0.1) is 11.6 Å². The topological polar surface area (TPSA) is 91.7 Å². The van der Waals surface area contributed by atoms with E-state index in [-0.39, 0.29) is 24.6 Å². The normalized spacial score (nSPS) is 17.4. The summed E-state index contributed by atoms with van der Waals surface area (Å²) in [6, 6.07) is 3.38. The zero-order valence-corrected chi connectivity index (χ0v) is 16.4. The number of anilines is 1. The number of thiazole rings is 1. The van der Waals surface area contributed by atoms with Crippen LogP contribution in [0.5, 0.6) is 0 Å². The molecule has 0 bridgehead atoms. The van der Waals surface area contributed by atoms with Crippen LogP contribution in [0.3, 0.4) is 0 Å². The van der Waals surface area contributed by atoms with Crippen molar-refractivity contribution in [2.45, 2.75) is 6.42 Å². The van der Waals surface area contributed by atoms with Gasteiger partial charge in [0.15, 0.2) is 5.13 Å². The number of fused-ring (bicyclic) bond motifs is 1. The summed E-state index contributed by atoms with van der Waals surface area (Å²) in [5.41, 5.74) is 0.655. The Morgan fingerprint density at radius 2 is 2.10 bits per heavy atom. The molecule has 2 aliphatic rings. The second-order valence-corrected chi connectivity index (χ2v) is 9.21. The Morgan fingerprint density at radius 3 is 2.90 bits per heavy atom. The summed E-state index contributed by atoms with van der Waals surface area (Å²) in [6.45, 7) is 0.215. The summed E-state index contributed by atoms with van der Waals surface area (Å²) in [5, 5.41) is 3.00. The number of nitrogens with one attached hydrogen (secondary N) is 1. The van der Waals surface area contributed by atoms with Gasteiger partial charge >= 0.3 is 0 Å². The molecule has 4 rings (SSSR count). The summed E-state index contributed by atoms with van der Waals surface area (Å²) >= 11 is 1.18. The Balaban J connectivity index is 1.43. The van der Waals surface area contributed by atoms with Crippen molar-refractivity contribution in [2.75, 3.05) is 17.6 Å². The minimum atomic E-state index is -3.46. The Hall–Kier alpha value is -2.92. The molecule has 1 amide bonds. The molecule has 2 aromatic rings. The molecule has 0 radical (unpaired) electrons. The molecule has 11 heteroatoms. The third kappa shape index (κ3) is 4.40. The van der Waals surface area contributed by atoms with E-state index in [0.29, 0.717) is 21.1 Å². The molecule has 29 heavy (non-hydrogen) atoms. The predicted molar refractivity (Wildman–Crippen MR) is 105 cm³/mol. The van der Waals surface area contributed by atoms with Crippen LogP contribution in [0.4, 0.5) is 13.9 Å². The lowest BCUT2D eigenvalue weighted by Crippen LogP contribution is -2.37. The number of nitrogens with zero attached hydrogens (tertiary/aromatic N) is 3. The first-order valence-corrected chi connectivity index (χ1v) is 10.9. The maximum absolute atomic E-state index is 13.8. The maximum atomic E-state index is 13.8. The predicted octanol–water partition coefficient (Wildman–Crippen LogP) is 2.45. The zero-order chi connectivity index (χ0) is 20.6. The number of aromatic nitrogens is 1. The van der Waals surface area contributed by atoms with Gasteiger partial charge in [0.1, 0.15) is 17.5 Å². The highest BCUT2D eigenvalue weighted by Crippen LogP contribution is 2.24. The van der Waals surface area contributed by atoms with Crippen LogP contribution in [0.1, 0.15) is 10.4 Å². The molecule has 0 saturated heterocycles. The summed E-state index contributed by atoms with van der Waals surface area (Å²) in [6.07, 6.45) is 6.23. The van der Waals surface area contributed by atoms with Crippen molar-refractivity contribution < 1.29 is 22.0 Å². The van der Waals surface area contributed by atoms with Crippen LogP contribution < -0.4 is 5.32 Å². The van der Waals surface area contributed by atoms with Crippen LogP contribution in [-0.4, -0.2) is 42.3 Å². The van der Waals surface area contributed by atoms with E-state index in [0.717, 1.165) is 6.07 Å². The van der Waals surface area contributed by atoms with E-state index in [1.54, 1.807) is 4.90 Å². The molecule has 0 fully saturated rings. The van der Waals surface area contributed by atoms with Crippen LogP contribution in [0.2, 0.25) is 0 Å². The minimum Gasteiger partial charge on any atom is -0.330 e. The van der Waals surface area contributed by atoms with E-state index in [1.807, 2.05) is 0 Å². The lowest BCUT2D eigenvalue weighted by molar-refractivity contribution is -0.112. The van der Waals surface area contributed by atoms with Gasteiger partial charge in [0.25, 0.3) is 15.9 Å². The average molecular weight is 436 g/mol. The van der Waals surface area contributed by atoms with E-state index in [2.05, 4.69) is 14.7 Å². The third-order valence-electron chi connectivity index (χ3n) is 4.24. The number of hydrogen-bond acceptors (Lipinski definition) is 6. The monoisotopic (exact) mass is 436 g/mol.